The largest absolute Gasteiger partial charge is 0.477 e. The number of amides is 2. The highest BCUT2D eigenvalue weighted by atomic mass is 32.2. The molecule has 1 fully saturated rings. The average molecular weight is 425 g/mol. The van der Waals surface area contributed by atoms with Gasteiger partial charge in [0.25, 0.3) is 5.91 Å². The molecule has 1 aromatic rings. The van der Waals surface area contributed by atoms with Gasteiger partial charge in [0.1, 0.15) is 23.7 Å². The van der Waals surface area contributed by atoms with Crippen molar-refractivity contribution in [1.29, 1.82) is 0 Å². The normalized spacial score (nSPS) is 21.2. The van der Waals surface area contributed by atoms with Crippen molar-refractivity contribution in [3.05, 3.63) is 33.7 Å². The number of nitrogens with one attached hydrogen (secondary N) is 1. The van der Waals surface area contributed by atoms with Gasteiger partial charge in [-0.15, -0.1) is 23.1 Å². The molecule has 0 saturated carbocycles. The first-order chi connectivity index (χ1) is 13.3. The van der Waals surface area contributed by atoms with E-state index in [0.717, 1.165) is 4.88 Å². The molecule has 150 valence electrons. The predicted octanol–water partition coefficient (Wildman–Crippen LogP) is 1.23. The van der Waals surface area contributed by atoms with Crippen molar-refractivity contribution < 1.29 is 29.0 Å². The van der Waals surface area contributed by atoms with Gasteiger partial charge in [0.05, 0.1) is 12.3 Å². The zero-order valence-corrected chi connectivity index (χ0v) is 17.0. The van der Waals surface area contributed by atoms with E-state index in [-0.39, 0.29) is 30.5 Å². The van der Waals surface area contributed by atoms with Gasteiger partial charge in [-0.3, -0.25) is 19.3 Å². The van der Waals surface area contributed by atoms with Crippen LogP contribution in [0.4, 0.5) is 0 Å². The van der Waals surface area contributed by atoms with E-state index in [2.05, 4.69) is 5.32 Å². The van der Waals surface area contributed by atoms with Crippen LogP contribution in [0, 0.1) is 5.92 Å². The Labute approximate surface area is 169 Å². The fourth-order valence-electron chi connectivity index (χ4n) is 2.92. The molecule has 2 N–H and O–H groups in total. The lowest BCUT2D eigenvalue weighted by Gasteiger charge is -2.49. The Bertz CT molecular complexity index is 833. The second kappa shape index (κ2) is 8.36. The van der Waals surface area contributed by atoms with E-state index in [0.29, 0.717) is 11.3 Å². The van der Waals surface area contributed by atoms with E-state index >= 15 is 0 Å². The molecule has 2 amide bonds. The van der Waals surface area contributed by atoms with Crippen LogP contribution in [0.15, 0.2) is 28.8 Å². The van der Waals surface area contributed by atoms with Crippen molar-refractivity contribution in [2.24, 2.45) is 5.92 Å². The molecule has 1 aromatic heterocycles. The van der Waals surface area contributed by atoms with E-state index in [9.17, 15) is 24.3 Å². The van der Waals surface area contributed by atoms with E-state index < -0.39 is 29.3 Å². The third-order valence-electron chi connectivity index (χ3n) is 4.34. The molecule has 3 rings (SSSR count). The fourth-order valence-corrected chi connectivity index (χ4v) is 4.95. The topological polar surface area (TPSA) is 113 Å². The summed E-state index contributed by atoms with van der Waals surface area (Å²) in [5.74, 6) is -2.46. The number of esters is 1. The predicted molar refractivity (Wildman–Crippen MR) is 104 cm³/mol. The molecule has 2 aliphatic heterocycles. The van der Waals surface area contributed by atoms with Gasteiger partial charge < -0.3 is 15.2 Å². The number of carbonyl (C=O) groups is 4. The number of rotatable bonds is 7. The molecule has 3 heterocycles. The van der Waals surface area contributed by atoms with Crippen molar-refractivity contribution in [3.8, 4) is 0 Å². The van der Waals surface area contributed by atoms with Gasteiger partial charge in [-0.25, -0.2) is 4.79 Å². The Morgan fingerprint density at radius 1 is 1.39 bits per heavy atom. The molecule has 0 radical (unpaired) electrons. The Hall–Kier alpha value is -2.33. The molecule has 2 unspecified atom stereocenters. The minimum Gasteiger partial charge on any atom is -0.477 e. The van der Waals surface area contributed by atoms with Gasteiger partial charge in [-0.2, -0.15) is 0 Å². The van der Waals surface area contributed by atoms with Crippen LogP contribution in [0.1, 0.15) is 18.7 Å². The summed E-state index contributed by atoms with van der Waals surface area (Å²) >= 11 is 2.80. The highest BCUT2D eigenvalue weighted by Crippen LogP contribution is 2.40. The average Bonchev–Trinajstić information content (AvgIpc) is 3.15. The van der Waals surface area contributed by atoms with Crippen LogP contribution in [0.2, 0.25) is 0 Å². The van der Waals surface area contributed by atoms with E-state index in [4.69, 9.17) is 4.74 Å². The lowest BCUT2D eigenvalue weighted by atomic mass is 10.0. The highest BCUT2D eigenvalue weighted by Gasteiger charge is 2.54. The number of carboxylic acids is 1. The summed E-state index contributed by atoms with van der Waals surface area (Å²) in [6, 6.07) is 2.93. The van der Waals surface area contributed by atoms with Crippen molar-refractivity contribution in [3.63, 3.8) is 0 Å². The molecule has 1 saturated heterocycles. The van der Waals surface area contributed by atoms with E-state index in [1.807, 2.05) is 17.5 Å². The second-order valence-electron chi connectivity index (χ2n) is 6.73. The maximum Gasteiger partial charge on any atom is 0.352 e. The Morgan fingerprint density at radius 2 is 2.14 bits per heavy atom. The maximum atomic E-state index is 12.5. The lowest BCUT2D eigenvalue weighted by Crippen LogP contribution is -2.70. The minimum atomic E-state index is -1.25. The zero-order valence-electron chi connectivity index (χ0n) is 15.3. The molecule has 0 bridgehead atoms. The van der Waals surface area contributed by atoms with Crippen LogP contribution < -0.4 is 5.32 Å². The molecule has 28 heavy (non-hydrogen) atoms. The number of thioether (sulfide) groups is 1. The monoisotopic (exact) mass is 424 g/mol. The number of nitrogens with zero attached hydrogens (tertiary/aromatic N) is 1. The quantitative estimate of drug-likeness (QED) is 0.500. The van der Waals surface area contributed by atoms with Crippen LogP contribution in [0.3, 0.4) is 0 Å². The third-order valence-corrected chi connectivity index (χ3v) is 6.56. The van der Waals surface area contributed by atoms with Crippen molar-refractivity contribution in [2.45, 2.75) is 31.7 Å². The first-order valence-electron chi connectivity index (χ1n) is 8.68. The molecular formula is C18H20N2O6S2. The number of carbonyl (C=O) groups excluding carboxylic acids is 3. The summed E-state index contributed by atoms with van der Waals surface area (Å²) in [7, 11) is 0. The summed E-state index contributed by atoms with van der Waals surface area (Å²) in [4.78, 5) is 50.2. The van der Waals surface area contributed by atoms with Gasteiger partial charge >= 0.3 is 11.9 Å². The van der Waals surface area contributed by atoms with Crippen LogP contribution in [-0.2, 0) is 30.3 Å². The summed E-state index contributed by atoms with van der Waals surface area (Å²) in [5, 5.41) is 13.7. The molecular weight excluding hydrogens is 404 g/mol. The minimum absolute atomic E-state index is 0.158. The molecule has 0 aromatic carbocycles. The molecule has 8 nitrogen and oxygen atoms in total. The Morgan fingerprint density at radius 3 is 2.75 bits per heavy atom. The molecule has 2 atom stereocenters. The van der Waals surface area contributed by atoms with Gasteiger partial charge in [0.15, 0.2) is 0 Å². The van der Waals surface area contributed by atoms with Gasteiger partial charge in [-0.1, -0.05) is 19.9 Å². The third kappa shape index (κ3) is 4.07. The number of thiophene rings is 1. The standard InChI is InChI=1S/C18H20N2O6S2/c1-9(2)18(25)26-7-10-8-28-16-13(15(22)20(16)14(10)17(23)24)19-12(21)6-11-4-3-5-27-11/h3-5,9,13,16H,6-8H2,1-2H3,(H,19,21)(H,23,24). The lowest BCUT2D eigenvalue weighted by molar-refractivity contribution is -0.151. The van der Waals surface area contributed by atoms with Crippen molar-refractivity contribution in [1.82, 2.24) is 10.2 Å². The highest BCUT2D eigenvalue weighted by molar-refractivity contribution is 8.00. The number of carboxylic acid groups (broad SMARTS) is 1. The number of fused-ring (bicyclic) bond motifs is 1. The van der Waals surface area contributed by atoms with Crippen LogP contribution in [0.5, 0.6) is 0 Å². The van der Waals surface area contributed by atoms with Crippen molar-refractivity contribution in [2.75, 3.05) is 12.4 Å². The number of aliphatic carboxylic acids is 1. The first-order valence-corrected chi connectivity index (χ1v) is 10.6. The summed E-state index contributed by atoms with van der Waals surface area (Å²) in [6.45, 7) is 3.20. The fraction of sp³-hybridized carbons (Fsp3) is 0.444. The maximum absolute atomic E-state index is 12.5. The zero-order chi connectivity index (χ0) is 20.4. The van der Waals surface area contributed by atoms with Gasteiger partial charge in [-0.05, 0) is 11.4 Å². The molecule has 0 aliphatic carbocycles. The molecule has 10 heteroatoms. The summed E-state index contributed by atoms with van der Waals surface area (Å²) < 4.78 is 5.14. The van der Waals surface area contributed by atoms with Crippen LogP contribution in [0.25, 0.3) is 0 Å². The van der Waals surface area contributed by atoms with Crippen LogP contribution >= 0.6 is 23.1 Å². The number of hydrogen-bond acceptors (Lipinski definition) is 7. The van der Waals surface area contributed by atoms with Gasteiger partial charge in [0.2, 0.25) is 5.91 Å². The van der Waals surface area contributed by atoms with Crippen molar-refractivity contribution >= 4 is 46.9 Å². The summed E-state index contributed by atoms with van der Waals surface area (Å²) in [5.41, 5.74) is 0.216. The number of β-lactam (4-membered cyclic amide) rings is 1. The second-order valence-corrected chi connectivity index (χ2v) is 8.87. The molecule has 2 aliphatic rings. The summed E-state index contributed by atoms with van der Waals surface area (Å²) in [6.07, 6.45) is 0.177. The Balaban J connectivity index is 1.68. The number of hydrogen-bond donors (Lipinski definition) is 2. The smallest absolute Gasteiger partial charge is 0.352 e. The SMILES string of the molecule is CC(C)C(=O)OCC1=C(C(=O)O)N2C(=O)C(NC(=O)Cc3cccs3)C2SC1. The van der Waals surface area contributed by atoms with E-state index in [1.165, 1.54) is 28.0 Å². The number of ether oxygens (including phenoxy) is 1. The first kappa shape index (κ1) is 20.4. The Kier molecular flexibility index (Phi) is 6.09. The van der Waals surface area contributed by atoms with E-state index in [1.54, 1.807) is 13.8 Å². The van der Waals surface area contributed by atoms with Gasteiger partial charge in [0, 0.05) is 16.2 Å². The molecule has 0 spiro atoms. The van der Waals surface area contributed by atoms with Crippen LogP contribution in [-0.4, -0.2) is 57.5 Å².